The number of nitrogens with zero attached hydrogens (tertiary/aromatic N) is 1. The number of carboxylic acid groups (broad SMARTS) is 1. The Hall–Kier alpha value is -2.89. The Balaban J connectivity index is 1.33. The minimum absolute atomic E-state index is 0.180. The number of carbonyl (C=O) groups is 3. The van der Waals surface area contributed by atoms with Gasteiger partial charge in [-0.3, -0.25) is 19.3 Å². The van der Waals surface area contributed by atoms with Crippen molar-refractivity contribution in [3.63, 3.8) is 0 Å². The molecule has 0 aliphatic carbocycles. The third-order valence-electron chi connectivity index (χ3n) is 9.36. The summed E-state index contributed by atoms with van der Waals surface area (Å²) in [6, 6.07) is 9.71. The number of hydrogen-bond donors (Lipinski definition) is 2. The fourth-order valence-electron chi connectivity index (χ4n) is 6.65. The number of imide groups is 1. The molecule has 0 bridgehead atoms. The van der Waals surface area contributed by atoms with Crippen molar-refractivity contribution in [2.75, 3.05) is 18.4 Å². The molecule has 1 heterocycles. The number of hydrogen-bond acceptors (Lipinski definition) is 4. The zero-order chi connectivity index (χ0) is 32.1. The molecule has 0 spiro atoms. The zero-order valence-corrected chi connectivity index (χ0v) is 28.2. The number of carbonyl (C=O) groups excluding carboxylic acids is 2. The maximum atomic E-state index is 13.4. The Bertz CT molecular complexity index is 1150. The molecule has 0 atom stereocenters. The van der Waals surface area contributed by atoms with E-state index >= 15 is 0 Å². The summed E-state index contributed by atoms with van der Waals surface area (Å²) in [4.78, 5) is 38.8. The molecule has 0 fully saturated rings. The van der Waals surface area contributed by atoms with E-state index in [0.717, 1.165) is 80.8 Å². The van der Waals surface area contributed by atoms with E-state index in [0.29, 0.717) is 17.7 Å². The van der Waals surface area contributed by atoms with Crippen LogP contribution in [-0.2, 0) is 4.79 Å². The van der Waals surface area contributed by atoms with Crippen molar-refractivity contribution in [1.29, 1.82) is 0 Å². The molecule has 1 aliphatic heterocycles. The summed E-state index contributed by atoms with van der Waals surface area (Å²) in [5, 5.41) is 14.1. The smallest absolute Gasteiger partial charge is 0.303 e. The zero-order valence-electron chi connectivity index (χ0n) is 28.2. The fourth-order valence-corrected chi connectivity index (χ4v) is 6.65. The van der Waals surface area contributed by atoms with Crippen LogP contribution in [0.4, 0.5) is 5.69 Å². The van der Waals surface area contributed by atoms with Crippen LogP contribution in [0, 0.1) is 0 Å². The molecular formula is C39H60N2O4. The number of benzene rings is 2. The van der Waals surface area contributed by atoms with Gasteiger partial charge in [0, 0.05) is 47.1 Å². The maximum Gasteiger partial charge on any atom is 0.303 e. The van der Waals surface area contributed by atoms with Crippen molar-refractivity contribution >= 4 is 34.2 Å². The monoisotopic (exact) mass is 620 g/mol. The van der Waals surface area contributed by atoms with Crippen LogP contribution in [0.1, 0.15) is 175 Å². The molecule has 1 aliphatic rings. The quantitative estimate of drug-likeness (QED) is 0.0766. The summed E-state index contributed by atoms with van der Waals surface area (Å²) in [5.74, 6) is -1.08. The van der Waals surface area contributed by atoms with Gasteiger partial charge in [-0.15, -0.1) is 0 Å². The third-order valence-corrected chi connectivity index (χ3v) is 9.36. The lowest BCUT2D eigenvalue weighted by atomic mass is 9.92. The molecule has 2 amide bonds. The van der Waals surface area contributed by atoms with Gasteiger partial charge in [-0.25, -0.2) is 0 Å². The second-order valence-corrected chi connectivity index (χ2v) is 13.1. The topological polar surface area (TPSA) is 86.7 Å². The van der Waals surface area contributed by atoms with Gasteiger partial charge in [-0.1, -0.05) is 141 Å². The van der Waals surface area contributed by atoms with E-state index < -0.39 is 5.97 Å². The highest BCUT2D eigenvalue weighted by Gasteiger charge is 2.32. The van der Waals surface area contributed by atoms with E-state index in [9.17, 15) is 14.4 Å². The minimum atomic E-state index is -0.719. The second-order valence-electron chi connectivity index (χ2n) is 13.1. The Morgan fingerprint density at radius 2 is 1.11 bits per heavy atom. The molecule has 45 heavy (non-hydrogen) atoms. The highest BCUT2D eigenvalue weighted by atomic mass is 16.4. The fraction of sp³-hybridized carbons (Fsp3) is 0.667. The van der Waals surface area contributed by atoms with E-state index in [1.54, 1.807) is 0 Å². The van der Waals surface area contributed by atoms with Crippen LogP contribution in [0.3, 0.4) is 0 Å². The Kier molecular flexibility index (Phi) is 17.7. The highest BCUT2D eigenvalue weighted by Crippen LogP contribution is 2.34. The van der Waals surface area contributed by atoms with Crippen LogP contribution < -0.4 is 5.32 Å². The van der Waals surface area contributed by atoms with E-state index in [2.05, 4.69) is 12.2 Å². The first-order valence-corrected chi connectivity index (χ1v) is 18.4. The highest BCUT2D eigenvalue weighted by molar-refractivity contribution is 6.26. The van der Waals surface area contributed by atoms with Crippen molar-refractivity contribution in [2.45, 2.75) is 155 Å². The van der Waals surface area contributed by atoms with Crippen LogP contribution in [0.25, 0.3) is 10.8 Å². The molecule has 2 N–H and O–H groups in total. The first-order chi connectivity index (χ1) is 22.0. The average molecular weight is 621 g/mol. The second kappa shape index (κ2) is 21.8. The summed E-state index contributed by atoms with van der Waals surface area (Å²) in [7, 11) is 0. The molecule has 6 heteroatoms. The molecule has 6 nitrogen and oxygen atoms in total. The Labute approximate surface area is 272 Å². The predicted molar refractivity (Wildman–Crippen MR) is 187 cm³/mol. The summed E-state index contributed by atoms with van der Waals surface area (Å²) < 4.78 is 0. The number of amides is 2. The van der Waals surface area contributed by atoms with E-state index in [-0.39, 0.29) is 18.2 Å². The molecule has 3 rings (SSSR count). The van der Waals surface area contributed by atoms with Crippen molar-refractivity contribution < 1.29 is 19.5 Å². The average Bonchev–Trinajstić information content (AvgIpc) is 3.04. The van der Waals surface area contributed by atoms with Gasteiger partial charge in [0.2, 0.25) is 0 Å². The molecule has 0 saturated heterocycles. The first-order valence-electron chi connectivity index (χ1n) is 18.4. The van der Waals surface area contributed by atoms with Gasteiger partial charge in [-0.05, 0) is 37.5 Å². The number of unbranched alkanes of at least 4 members (excludes halogenated alkanes) is 20. The summed E-state index contributed by atoms with van der Waals surface area (Å²) in [6.45, 7) is 3.62. The molecule has 2 aromatic rings. The van der Waals surface area contributed by atoms with Crippen molar-refractivity contribution in [3.8, 4) is 0 Å². The predicted octanol–water partition coefficient (Wildman–Crippen LogP) is 10.9. The molecule has 250 valence electrons. The molecular weight excluding hydrogens is 560 g/mol. The summed E-state index contributed by atoms with van der Waals surface area (Å²) >= 11 is 0. The van der Waals surface area contributed by atoms with E-state index in [4.69, 9.17) is 5.11 Å². The molecule has 0 unspecified atom stereocenters. The van der Waals surface area contributed by atoms with Crippen LogP contribution in [0.2, 0.25) is 0 Å². The Morgan fingerprint density at radius 3 is 1.67 bits per heavy atom. The Morgan fingerprint density at radius 1 is 0.622 bits per heavy atom. The van der Waals surface area contributed by atoms with Crippen LogP contribution in [0.5, 0.6) is 0 Å². The van der Waals surface area contributed by atoms with Crippen molar-refractivity contribution in [3.05, 3.63) is 41.5 Å². The van der Waals surface area contributed by atoms with Gasteiger partial charge < -0.3 is 10.4 Å². The van der Waals surface area contributed by atoms with Crippen molar-refractivity contribution in [1.82, 2.24) is 4.90 Å². The SMILES string of the molecule is CCCCCCCCCCCCCCCCNc1ccc2c3c(cccc13)C(=O)N(CCCCCCCCCCC(=O)O)C2=O. The van der Waals surface area contributed by atoms with Gasteiger partial charge in [0.05, 0.1) is 0 Å². The summed E-state index contributed by atoms with van der Waals surface area (Å²) in [6.07, 6.45) is 27.0. The normalized spacial score (nSPS) is 12.8. The summed E-state index contributed by atoms with van der Waals surface area (Å²) in [5.41, 5.74) is 2.26. The van der Waals surface area contributed by atoms with E-state index in [1.165, 1.54) is 88.4 Å². The molecule has 2 aromatic carbocycles. The van der Waals surface area contributed by atoms with Gasteiger partial charge >= 0.3 is 5.97 Å². The van der Waals surface area contributed by atoms with Crippen LogP contribution in [0.15, 0.2) is 30.3 Å². The molecule has 0 saturated carbocycles. The van der Waals surface area contributed by atoms with Gasteiger partial charge in [-0.2, -0.15) is 0 Å². The van der Waals surface area contributed by atoms with Gasteiger partial charge in [0.1, 0.15) is 0 Å². The minimum Gasteiger partial charge on any atom is -0.481 e. The largest absolute Gasteiger partial charge is 0.481 e. The number of rotatable bonds is 27. The standard InChI is InChI=1S/C39H60N2O4/c1-2-3-4-5-6-7-8-9-10-11-13-16-19-22-30-40-35-29-28-34-37-32(35)25-24-26-33(37)38(44)41(39(34)45)31-23-20-17-14-12-15-18-21-27-36(42)43/h24-26,28-29,40H,2-23,27,30-31H2,1H3,(H,42,43). The van der Waals surface area contributed by atoms with Gasteiger partial charge in [0.25, 0.3) is 11.8 Å². The van der Waals surface area contributed by atoms with E-state index in [1.807, 2.05) is 30.3 Å². The number of aliphatic carboxylic acids is 1. The lowest BCUT2D eigenvalue weighted by Crippen LogP contribution is -2.40. The number of carboxylic acids is 1. The van der Waals surface area contributed by atoms with Gasteiger partial charge in [0.15, 0.2) is 0 Å². The molecule has 0 aromatic heterocycles. The first kappa shape index (κ1) is 36.6. The van der Waals surface area contributed by atoms with Crippen molar-refractivity contribution in [2.24, 2.45) is 0 Å². The lowest BCUT2D eigenvalue weighted by molar-refractivity contribution is -0.137. The van der Waals surface area contributed by atoms with Crippen LogP contribution in [-0.4, -0.2) is 40.9 Å². The van der Waals surface area contributed by atoms with Crippen LogP contribution >= 0.6 is 0 Å². The third kappa shape index (κ3) is 12.8. The number of nitrogens with one attached hydrogen (secondary N) is 1. The molecule has 0 radical (unpaired) electrons. The lowest BCUT2D eigenvalue weighted by Gasteiger charge is -2.28. The number of anilines is 1. The maximum absolute atomic E-state index is 13.4.